The molecule has 0 saturated carbocycles. The monoisotopic (exact) mass is 424 g/mol. The lowest BCUT2D eigenvalue weighted by Crippen LogP contribution is -2.37. The van der Waals surface area contributed by atoms with Crippen LogP contribution in [0.3, 0.4) is 0 Å². The van der Waals surface area contributed by atoms with E-state index in [-0.39, 0.29) is 5.69 Å². The Kier molecular flexibility index (Phi) is 5.15. The maximum absolute atomic E-state index is 12.8. The molecule has 5 nitrogen and oxygen atoms in total. The maximum atomic E-state index is 12.8. The summed E-state index contributed by atoms with van der Waals surface area (Å²) in [6.07, 6.45) is -1.87. The highest BCUT2D eigenvalue weighted by Crippen LogP contribution is 2.33. The van der Waals surface area contributed by atoms with E-state index >= 15 is 0 Å². The number of benzene rings is 1. The van der Waals surface area contributed by atoms with Crippen LogP contribution in [0.2, 0.25) is 0 Å². The van der Waals surface area contributed by atoms with Crippen LogP contribution in [0.25, 0.3) is 21.1 Å². The van der Waals surface area contributed by atoms with Crippen molar-refractivity contribution in [3.63, 3.8) is 0 Å². The summed E-state index contributed by atoms with van der Waals surface area (Å²) in [5.74, 6) is 0.186. The smallest absolute Gasteiger partial charge is 0.370 e. The highest BCUT2D eigenvalue weighted by Gasteiger charge is 2.34. The molecule has 10 heteroatoms. The normalized spacial score (nSPS) is 15.8. The van der Waals surface area contributed by atoms with Gasteiger partial charge in [0.05, 0.1) is 4.88 Å². The minimum absolute atomic E-state index is 0.150. The largest absolute Gasteiger partial charge is 0.451 e. The van der Waals surface area contributed by atoms with Crippen molar-refractivity contribution in [2.24, 2.45) is 0 Å². The van der Waals surface area contributed by atoms with Crippen LogP contribution in [0, 0.1) is 0 Å². The van der Waals surface area contributed by atoms with E-state index in [0.29, 0.717) is 16.5 Å². The lowest BCUT2D eigenvalue weighted by atomic mass is 10.2. The van der Waals surface area contributed by atoms with Gasteiger partial charge in [0.2, 0.25) is 5.82 Å². The molecule has 0 unspecified atom stereocenters. The summed E-state index contributed by atoms with van der Waals surface area (Å²) in [7, 11) is -0.721. The number of nitrogens with zero attached hydrogens (tertiary/aromatic N) is 4. The average molecular weight is 424 g/mol. The third-order valence-corrected chi connectivity index (χ3v) is 6.67. The van der Waals surface area contributed by atoms with Gasteiger partial charge in [-0.25, -0.2) is 15.0 Å². The summed E-state index contributed by atoms with van der Waals surface area (Å²) in [5, 5.41) is 0.408. The van der Waals surface area contributed by atoms with Gasteiger partial charge in [-0.05, 0) is 23.8 Å². The molecule has 0 N–H and O–H groups in total. The first-order valence-corrected chi connectivity index (χ1v) is 10.8. The highest BCUT2D eigenvalue weighted by atomic mass is 32.2. The number of hydrogen-bond donors (Lipinski definition) is 0. The van der Waals surface area contributed by atoms with Crippen molar-refractivity contribution in [1.29, 1.82) is 0 Å². The van der Waals surface area contributed by atoms with Crippen LogP contribution >= 0.6 is 11.3 Å². The lowest BCUT2D eigenvalue weighted by molar-refractivity contribution is -0.144. The van der Waals surface area contributed by atoms with Crippen molar-refractivity contribution in [2.45, 2.75) is 6.18 Å². The van der Waals surface area contributed by atoms with Crippen LogP contribution in [-0.2, 0) is 17.0 Å². The Morgan fingerprint density at radius 1 is 1.04 bits per heavy atom. The van der Waals surface area contributed by atoms with Gasteiger partial charge in [-0.1, -0.05) is 12.1 Å². The molecule has 1 aliphatic rings. The fourth-order valence-electron chi connectivity index (χ4n) is 2.87. The van der Waals surface area contributed by atoms with Gasteiger partial charge in [-0.15, -0.1) is 11.3 Å². The molecule has 1 aliphatic heterocycles. The fraction of sp³-hybridized carbons (Fsp3) is 0.278. The molecule has 28 heavy (non-hydrogen) atoms. The standard InChI is InChI=1S/C18H15F3N4OS2/c19-18(20,21)17-22-6-5-14(24-17)16-23-11-15(27-16)12-1-3-13(4-2-12)25-7-9-28(26)10-8-25/h1-6,11H,7-10H2. The van der Waals surface area contributed by atoms with Crippen LogP contribution in [0.15, 0.2) is 42.7 Å². The third-order valence-electron chi connectivity index (χ3n) is 4.33. The predicted molar refractivity (Wildman–Crippen MR) is 104 cm³/mol. The Morgan fingerprint density at radius 2 is 1.75 bits per heavy atom. The second-order valence-corrected chi connectivity index (χ2v) is 8.90. The van der Waals surface area contributed by atoms with Crippen molar-refractivity contribution in [1.82, 2.24) is 15.0 Å². The zero-order valence-electron chi connectivity index (χ0n) is 14.5. The Hall–Kier alpha value is -2.33. The molecular weight excluding hydrogens is 409 g/mol. The summed E-state index contributed by atoms with van der Waals surface area (Å²) in [6, 6.07) is 9.32. The van der Waals surface area contributed by atoms with Crippen molar-refractivity contribution >= 4 is 27.8 Å². The first-order valence-electron chi connectivity index (χ1n) is 8.47. The lowest BCUT2D eigenvalue weighted by Gasteiger charge is -2.28. The summed E-state index contributed by atoms with van der Waals surface area (Å²) in [4.78, 5) is 14.1. The average Bonchev–Trinajstić information content (AvgIpc) is 3.18. The Morgan fingerprint density at radius 3 is 2.43 bits per heavy atom. The Labute approximate surface area is 165 Å². The van der Waals surface area contributed by atoms with Gasteiger partial charge >= 0.3 is 6.18 Å². The van der Waals surface area contributed by atoms with Crippen LogP contribution in [-0.4, -0.2) is 43.8 Å². The Bertz CT molecular complexity index is 995. The molecular formula is C18H15F3N4OS2. The van der Waals surface area contributed by atoms with E-state index in [1.54, 1.807) is 6.20 Å². The zero-order chi connectivity index (χ0) is 19.7. The third kappa shape index (κ3) is 4.07. The molecule has 146 valence electrons. The maximum Gasteiger partial charge on any atom is 0.451 e. The van der Waals surface area contributed by atoms with E-state index in [4.69, 9.17) is 0 Å². The molecule has 1 saturated heterocycles. The molecule has 2 aromatic heterocycles. The number of alkyl halides is 3. The fourth-order valence-corrected chi connectivity index (χ4v) is 4.82. The molecule has 4 rings (SSSR count). The summed E-state index contributed by atoms with van der Waals surface area (Å²) in [5.41, 5.74) is 2.14. The summed E-state index contributed by atoms with van der Waals surface area (Å²) in [6.45, 7) is 1.54. The van der Waals surface area contributed by atoms with Gasteiger partial charge in [0, 0.05) is 53.5 Å². The number of aromatic nitrogens is 3. The predicted octanol–water partition coefficient (Wildman–Crippen LogP) is 3.85. The Balaban J connectivity index is 1.54. The first-order chi connectivity index (χ1) is 13.4. The number of rotatable bonds is 3. The number of thiazole rings is 1. The van der Waals surface area contributed by atoms with Crippen LogP contribution in [0.4, 0.5) is 18.9 Å². The van der Waals surface area contributed by atoms with Crippen molar-refractivity contribution in [2.75, 3.05) is 29.5 Å². The van der Waals surface area contributed by atoms with Crippen molar-refractivity contribution in [3.05, 3.63) is 48.5 Å². The summed E-state index contributed by atoms with van der Waals surface area (Å²) < 4.78 is 49.9. The first kappa shape index (κ1) is 19.0. The molecule has 0 aliphatic carbocycles. The topological polar surface area (TPSA) is 59.0 Å². The van der Waals surface area contributed by atoms with Gasteiger partial charge in [-0.3, -0.25) is 4.21 Å². The molecule has 0 radical (unpaired) electrons. The highest BCUT2D eigenvalue weighted by molar-refractivity contribution is 7.85. The minimum atomic E-state index is -4.59. The number of hydrogen-bond acceptors (Lipinski definition) is 6. The second-order valence-electron chi connectivity index (χ2n) is 6.17. The molecule has 1 fully saturated rings. The van der Waals surface area contributed by atoms with Gasteiger partial charge in [0.25, 0.3) is 0 Å². The van der Waals surface area contributed by atoms with E-state index < -0.39 is 22.8 Å². The molecule has 0 atom stereocenters. The zero-order valence-corrected chi connectivity index (χ0v) is 16.2. The van der Waals surface area contributed by atoms with E-state index in [2.05, 4.69) is 19.9 Å². The quantitative estimate of drug-likeness (QED) is 0.639. The minimum Gasteiger partial charge on any atom is -0.370 e. The van der Waals surface area contributed by atoms with Crippen molar-refractivity contribution < 1.29 is 17.4 Å². The van der Waals surface area contributed by atoms with Crippen LogP contribution in [0.5, 0.6) is 0 Å². The molecule has 0 amide bonds. The van der Waals surface area contributed by atoms with E-state index in [1.165, 1.54) is 17.4 Å². The van der Waals surface area contributed by atoms with Crippen molar-refractivity contribution in [3.8, 4) is 21.1 Å². The van der Waals surface area contributed by atoms with E-state index in [9.17, 15) is 17.4 Å². The summed E-state index contributed by atoms with van der Waals surface area (Å²) >= 11 is 1.28. The molecule has 3 heterocycles. The second kappa shape index (κ2) is 7.59. The van der Waals surface area contributed by atoms with E-state index in [0.717, 1.165) is 35.4 Å². The number of anilines is 1. The van der Waals surface area contributed by atoms with E-state index in [1.807, 2.05) is 24.3 Å². The molecule has 3 aromatic rings. The number of halogens is 3. The van der Waals surface area contributed by atoms with Gasteiger partial charge in [0.1, 0.15) is 10.7 Å². The van der Waals surface area contributed by atoms with Gasteiger partial charge in [0.15, 0.2) is 0 Å². The van der Waals surface area contributed by atoms with Crippen LogP contribution < -0.4 is 4.90 Å². The SMILES string of the molecule is O=S1CCN(c2ccc(-c3cnc(-c4ccnc(C(F)(F)F)n4)s3)cc2)CC1. The van der Waals surface area contributed by atoms with Crippen LogP contribution in [0.1, 0.15) is 5.82 Å². The molecule has 1 aromatic carbocycles. The molecule has 0 spiro atoms. The van der Waals surface area contributed by atoms with Gasteiger partial charge < -0.3 is 4.90 Å². The molecule has 0 bridgehead atoms. The van der Waals surface area contributed by atoms with Gasteiger partial charge in [-0.2, -0.15) is 13.2 Å².